The van der Waals surface area contributed by atoms with Gasteiger partial charge >= 0.3 is 0 Å². The van der Waals surface area contributed by atoms with E-state index >= 15 is 0 Å². The minimum Gasteiger partial charge on any atom is -0.392 e. The van der Waals surface area contributed by atoms with Gasteiger partial charge in [-0.15, -0.1) is 0 Å². The van der Waals surface area contributed by atoms with Crippen molar-refractivity contribution in [2.45, 2.75) is 31.8 Å². The summed E-state index contributed by atoms with van der Waals surface area (Å²) in [4.78, 5) is 0.189. The number of sulfonamides is 1. The van der Waals surface area contributed by atoms with Gasteiger partial charge in [-0.3, -0.25) is 4.72 Å². The number of aliphatic hydroxyl groups is 1. The maximum atomic E-state index is 12.5. The number of aryl methyl sites for hydroxylation is 2. The highest BCUT2D eigenvalue weighted by atomic mass is 32.2. The van der Waals surface area contributed by atoms with E-state index in [1.165, 1.54) is 6.07 Å². The lowest BCUT2D eigenvalue weighted by Crippen LogP contribution is -2.14. The molecule has 0 aromatic heterocycles. The summed E-state index contributed by atoms with van der Waals surface area (Å²) in [6, 6.07) is 12.2. The van der Waals surface area contributed by atoms with Crippen LogP contribution in [0.1, 0.15) is 23.6 Å². The Hall–Kier alpha value is -1.85. The molecule has 0 amide bonds. The maximum absolute atomic E-state index is 12.5. The van der Waals surface area contributed by atoms with Gasteiger partial charge in [0.2, 0.25) is 0 Å². The second-order valence-electron chi connectivity index (χ2n) is 4.91. The van der Waals surface area contributed by atoms with Crippen LogP contribution in [0, 0.1) is 6.92 Å². The standard InChI is InChI=1S/C16H19NO3S/c1-3-13-6-8-15(9-7-13)17-21(19,20)16-10-14(11-18)5-4-12(16)2/h4-10,17-18H,3,11H2,1-2H3. The molecule has 0 bridgehead atoms. The molecule has 0 atom stereocenters. The van der Waals surface area contributed by atoms with E-state index in [0.717, 1.165) is 12.0 Å². The largest absolute Gasteiger partial charge is 0.392 e. The Morgan fingerprint density at radius 1 is 1.05 bits per heavy atom. The Bertz CT molecular complexity index is 722. The second-order valence-corrected chi connectivity index (χ2v) is 6.56. The number of benzene rings is 2. The topological polar surface area (TPSA) is 66.4 Å². The van der Waals surface area contributed by atoms with Crippen molar-refractivity contribution in [3.05, 3.63) is 59.2 Å². The third-order valence-corrected chi connectivity index (χ3v) is 4.86. The van der Waals surface area contributed by atoms with Crippen LogP contribution in [-0.4, -0.2) is 13.5 Å². The Kier molecular flexibility index (Phi) is 4.65. The lowest BCUT2D eigenvalue weighted by atomic mass is 10.2. The molecule has 4 nitrogen and oxygen atoms in total. The summed E-state index contributed by atoms with van der Waals surface area (Å²) in [5.41, 5.74) is 2.89. The first-order valence-electron chi connectivity index (χ1n) is 6.78. The third-order valence-electron chi connectivity index (χ3n) is 3.34. The minimum atomic E-state index is -3.66. The number of anilines is 1. The Morgan fingerprint density at radius 3 is 2.24 bits per heavy atom. The molecule has 2 N–H and O–H groups in total. The SMILES string of the molecule is CCc1ccc(NS(=O)(=O)c2cc(CO)ccc2C)cc1. The summed E-state index contributed by atoms with van der Waals surface area (Å²) in [7, 11) is -3.66. The average Bonchev–Trinajstić information content (AvgIpc) is 2.48. The van der Waals surface area contributed by atoms with Crippen molar-refractivity contribution in [1.29, 1.82) is 0 Å². The smallest absolute Gasteiger partial charge is 0.262 e. The molecule has 0 aliphatic carbocycles. The summed E-state index contributed by atoms with van der Waals surface area (Å²) < 4.78 is 27.5. The number of hydrogen-bond donors (Lipinski definition) is 2. The van der Waals surface area contributed by atoms with Crippen LogP contribution in [0.5, 0.6) is 0 Å². The zero-order valence-corrected chi connectivity index (χ0v) is 12.9. The van der Waals surface area contributed by atoms with Gasteiger partial charge in [0.15, 0.2) is 0 Å². The van der Waals surface area contributed by atoms with Gasteiger partial charge in [0.25, 0.3) is 10.0 Å². The van der Waals surface area contributed by atoms with Crippen LogP contribution < -0.4 is 4.72 Å². The van der Waals surface area contributed by atoms with Gasteiger partial charge in [-0.25, -0.2) is 8.42 Å². The lowest BCUT2D eigenvalue weighted by Gasteiger charge is -2.12. The summed E-state index contributed by atoms with van der Waals surface area (Å²) in [6.45, 7) is 3.59. The Labute approximate surface area is 125 Å². The minimum absolute atomic E-state index is 0.187. The lowest BCUT2D eigenvalue weighted by molar-refractivity contribution is 0.281. The predicted molar refractivity (Wildman–Crippen MR) is 83.7 cm³/mol. The fourth-order valence-electron chi connectivity index (χ4n) is 2.05. The summed E-state index contributed by atoms with van der Waals surface area (Å²) in [5.74, 6) is 0. The number of nitrogens with one attached hydrogen (secondary N) is 1. The molecule has 0 heterocycles. The molecule has 0 saturated heterocycles. The van der Waals surface area contributed by atoms with Gasteiger partial charge in [0.05, 0.1) is 11.5 Å². The van der Waals surface area contributed by atoms with Crippen LogP contribution >= 0.6 is 0 Å². The van der Waals surface area contributed by atoms with Gasteiger partial charge in [-0.2, -0.15) is 0 Å². The molecular weight excluding hydrogens is 286 g/mol. The zero-order valence-electron chi connectivity index (χ0n) is 12.1. The van der Waals surface area contributed by atoms with E-state index in [1.807, 2.05) is 19.1 Å². The van der Waals surface area contributed by atoms with Crippen molar-refractivity contribution in [2.24, 2.45) is 0 Å². The molecule has 0 fully saturated rings. The quantitative estimate of drug-likeness (QED) is 0.892. The highest BCUT2D eigenvalue weighted by Gasteiger charge is 2.17. The first-order valence-corrected chi connectivity index (χ1v) is 8.26. The Morgan fingerprint density at radius 2 is 1.67 bits per heavy atom. The number of hydrogen-bond acceptors (Lipinski definition) is 3. The maximum Gasteiger partial charge on any atom is 0.262 e. The second kappa shape index (κ2) is 6.28. The summed E-state index contributed by atoms with van der Waals surface area (Å²) in [5, 5.41) is 9.15. The molecule has 0 aliphatic heterocycles. The molecule has 112 valence electrons. The number of aliphatic hydroxyl groups excluding tert-OH is 1. The fraction of sp³-hybridized carbons (Fsp3) is 0.250. The summed E-state index contributed by atoms with van der Waals surface area (Å²) >= 11 is 0. The van der Waals surface area contributed by atoms with E-state index in [0.29, 0.717) is 16.8 Å². The van der Waals surface area contributed by atoms with Gasteiger partial charge in [-0.05, 0) is 48.2 Å². The van der Waals surface area contributed by atoms with Crippen molar-refractivity contribution in [2.75, 3.05) is 4.72 Å². The van der Waals surface area contributed by atoms with Gasteiger partial charge < -0.3 is 5.11 Å². The van der Waals surface area contributed by atoms with Crippen LogP contribution in [0.15, 0.2) is 47.4 Å². The molecule has 2 rings (SSSR count). The van der Waals surface area contributed by atoms with Gasteiger partial charge in [0, 0.05) is 5.69 Å². The van der Waals surface area contributed by atoms with Crippen LogP contribution in [0.25, 0.3) is 0 Å². The molecule has 0 saturated carbocycles. The van der Waals surface area contributed by atoms with Crippen LogP contribution in [0.3, 0.4) is 0 Å². The summed E-state index contributed by atoms with van der Waals surface area (Å²) in [6.07, 6.45) is 0.907. The van der Waals surface area contributed by atoms with Crippen molar-refractivity contribution in [3.63, 3.8) is 0 Å². The molecule has 2 aromatic rings. The third kappa shape index (κ3) is 3.62. The van der Waals surface area contributed by atoms with Crippen LogP contribution in [-0.2, 0) is 23.1 Å². The van der Waals surface area contributed by atoms with Crippen molar-refractivity contribution < 1.29 is 13.5 Å². The van der Waals surface area contributed by atoms with E-state index in [2.05, 4.69) is 4.72 Å². The van der Waals surface area contributed by atoms with E-state index in [1.54, 1.807) is 31.2 Å². The van der Waals surface area contributed by atoms with E-state index in [4.69, 9.17) is 5.11 Å². The van der Waals surface area contributed by atoms with Crippen LogP contribution in [0.2, 0.25) is 0 Å². The molecule has 0 unspecified atom stereocenters. The molecular formula is C16H19NO3S. The molecule has 5 heteroatoms. The average molecular weight is 305 g/mol. The van der Waals surface area contributed by atoms with E-state index in [-0.39, 0.29) is 11.5 Å². The fourth-order valence-corrected chi connectivity index (χ4v) is 3.41. The molecule has 2 aromatic carbocycles. The van der Waals surface area contributed by atoms with Crippen molar-refractivity contribution >= 4 is 15.7 Å². The highest BCUT2D eigenvalue weighted by molar-refractivity contribution is 7.92. The molecule has 0 aliphatic rings. The first-order chi connectivity index (χ1) is 9.96. The monoisotopic (exact) mass is 305 g/mol. The van der Waals surface area contributed by atoms with Crippen molar-refractivity contribution in [1.82, 2.24) is 0 Å². The number of rotatable bonds is 5. The Balaban J connectivity index is 2.33. The van der Waals surface area contributed by atoms with E-state index < -0.39 is 10.0 Å². The van der Waals surface area contributed by atoms with E-state index in [9.17, 15) is 8.42 Å². The highest BCUT2D eigenvalue weighted by Crippen LogP contribution is 2.21. The normalized spacial score (nSPS) is 11.4. The van der Waals surface area contributed by atoms with Gasteiger partial charge in [-0.1, -0.05) is 31.2 Å². The van der Waals surface area contributed by atoms with Crippen LogP contribution in [0.4, 0.5) is 5.69 Å². The molecule has 0 spiro atoms. The molecule has 0 radical (unpaired) electrons. The predicted octanol–water partition coefficient (Wildman–Crippen LogP) is 2.85. The van der Waals surface area contributed by atoms with Crippen molar-refractivity contribution in [3.8, 4) is 0 Å². The molecule has 21 heavy (non-hydrogen) atoms. The zero-order chi connectivity index (χ0) is 15.5. The first kappa shape index (κ1) is 15.5. The van der Waals surface area contributed by atoms with Gasteiger partial charge in [0.1, 0.15) is 0 Å².